The fourth-order valence-electron chi connectivity index (χ4n) is 3.28. The van der Waals surface area contributed by atoms with Gasteiger partial charge in [-0.05, 0) is 36.9 Å². The number of ketones is 1. The third kappa shape index (κ3) is 4.24. The van der Waals surface area contributed by atoms with Gasteiger partial charge >= 0.3 is 5.97 Å². The molecular weight excluding hydrogens is 334 g/mol. The van der Waals surface area contributed by atoms with Gasteiger partial charge in [0, 0.05) is 0 Å². The molecule has 2 rings (SSSR count). The zero-order valence-corrected chi connectivity index (χ0v) is 15.5. The highest BCUT2D eigenvalue weighted by molar-refractivity contribution is 7.99. The van der Waals surface area contributed by atoms with Gasteiger partial charge in [-0.15, -0.1) is 11.8 Å². The van der Waals surface area contributed by atoms with Gasteiger partial charge in [0.2, 0.25) is 5.91 Å². The molecule has 1 amide bonds. The molecule has 5 nitrogen and oxygen atoms in total. The van der Waals surface area contributed by atoms with Crippen molar-refractivity contribution < 1.29 is 19.5 Å². The molecule has 0 aromatic rings. The van der Waals surface area contributed by atoms with Crippen molar-refractivity contribution >= 4 is 42.1 Å². The average Bonchev–Trinajstić information content (AvgIpc) is 2.77. The molecule has 2 fully saturated rings. The Bertz CT molecular complexity index is 503. The van der Waals surface area contributed by atoms with Crippen LogP contribution in [0.25, 0.3) is 0 Å². The Morgan fingerprint density at radius 3 is 2.57 bits per heavy atom. The second kappa shape index (κ2) is 7.05. The van der Waals surface area contributed by atoms with Crippen molar-refractivity contribution in [2.45, 2.75) is 63.1 Å². The predicted molar refractivity (Wildman–Crippen MR) is 93.7 cm³/mol. The summed E-state index contributed by atoms with van der Waals surface area (Å²) in [6, 6.07) is -0.797. The number of carboxylic acid groups (broad SMARTS) is 1. The smallest absolute Gasteiger partial charge is 0.326 e. The number of rotatable bonds is 4. The highest BCUT2D eigenvalue weighted by Gasteiger charge is 2.47. The number of aliphatic carboxylic acids is 1. The van der Waals surface area contributed by atoms with Crippen LogP contribution in [0.15, 0.2) is 0 Å². The predicted octanol–water partition coefficient (Wildman–Crippen LogP) is 2.44. The Hall–Kier alpha value is -0.690. The lowest BCUT2D eigenvalue weighted by Crippen LogP contribution is -2.48. The van der Waals surface area contributed by atoms with Crippen LogP contribution >= 0.6 is 24.4 Å². The third-order valence-electron chi connectivity index (χ3n) is 4.37. The van der Waals surface area contributed by atoms with Crippen LogP contribution in [0.1, 0.15) is 46.5 Å². The van der Waals surface area contributed by atoms with Crippen molar-refractivity contribution in [3.8, 4) is 0 Å². The summed E-state index contributed by atoms with van der Waals surface area (Å²) in [4.78, 5) is 38.4. The molecule has 7 heteroatoms. The van der Waals surface area contributed by atoms with Gasteiger partial charge in [-0.3, -0.25) is 9.59 Å². The maximum atomic E-state index is 12.8. The quantitative estimate of drug-likeness (QED) is 0.596. The monoisotopic (exact) mass is 359 g/mol. The SMILES string of the molecule is CC(C)(C)CC(S)C(=O)[C@@H]1CCS[C@@H]2CC[C@H](C(=O)O)N2C1=O. The summed E-state index contributed by atoms with van der Waals surface area (Å²) in [6.07, 6.45) is 2.22. The molecule has 0 aromatic carbocycles. The lowest BCUT2D eigenvalue weighted by atomic mass is 9.85. The average molecular weight is 360 g/mol. The van der Waals surface area contributed by atoms with E-state index >= 15 is 0 Å². The summed E-state index contributed by atoms with van der Waals surface area (Å²) in [5, 5.41) is 8.75. The molecule has 2 aliphatic heterocycles. The fourth-order valence-corrected chi connectivity index (χ4v) is 5.37. The first-order valence-electron chi connectivity index (χ1n) is 8.00. The van der Waals surface area contributed by atoms with E-state index in [-0.39, 0.29) is 22.5 Å². The molecule has 23 heavy (non-hydrogen) atoms. The number of carboxylic acids is 1. The van der Waals surface area contributed by atoms with E-state index in [1.165, 1.54) is 4.90 Å². The molecular formula is C16H25NO4S2. The van der Waals surface area contributed by atoms with E-state index in [2.05, 4.69) is 12.6 Å². The minimum atomic E-state index is -0.980. The minimum absolute atomic E-state index is 0.0512. The summed E-state index contributed by atoms with van der Waals surface area (Å²) in [7, 11) is 0. The first-order chi connectivity index (χ1) is 10.6. The Balaban J connectivity index is 2.17. The molecule has 0 spiro atoms. The maximum absolute atomic E-state index is 12.8. The number of carbonyl (C=O) groups is 3. The van der Waals surface area contributed by atoms with Crippen LogP contribution in [-0.4, -0.2) is 50.1 Å². The number of nitrogens with zero attached hydrogens (tertiary/aromatic N) is 1. The van der Waals surface area contributed by atoms with E-state index in [4.69, 9.17) is 0 Å². The summed E-state index contributed by atoms with van der Waals surface area (Å²) in [5.74, 6) is -1.51. The third-order valence-corrected chi connectivity index (χ3v) is 6.12. The number of carbonyl (C=O) groups excluding carboxylic acids is 2. The molecule has 2 aliphatic rings. The van der Waals surface area contributed by atoms with Gasteiger partial charge in [0.1, 0.15) is 6.04 Å². The highest BCUT2D eigenvalue weighted by Crippen LogP contribution is 2.38. The number of fused-ring (bicyclic) bond motifs is 1. The molecule has 4 atom stereocenters. The van der Waals surface area contributed by atoms with Gasteiger partial charge in [-0.1, -0.05) is 20.8 Å². The Kier molecular flexibility index (Phi) is 5.72. The van der Waals surface area contributed by atoms with Gasteiger partial charge in [-0.25, -0.2) is 4.79 Å². The normalized spacial score (nSPS) is 29.8. The van der Waals surface area contributed by atoms with Gasteiger partial charge < -0.3 is 10.0 Å². The first-order valence-corrected chi connectivity index (χ1v) is 9.56. The van der Waals surface area contributed by atoms with Crippen LogP contribution in [-0.2, 0) is 14.4 Å². The molecule has 0 radical (unpaired) electrons. The van der Waals surface area contributed by atoms with E-state index in [0.29, 0.717) is 31.4 Å². The lowest BCUT2D eigenvalue weighted by Gasteiger charge is -2.29. The molecule has 0 saturated carbocycles. The maximum Gasteiger partial charge on any atom is 0.326 e. The second-order valence-electron chi connectivity index (χ2n) is 7.53. The van der Waals surface area contributed by atoms with Crippen molar-refractivity contribution in [1.29, 1.82) is 0 Å². The van der Waals surface area contributed by atoms with E-state index in [1.807, 2.05) is 20.8 Å². The molecule has 130 valence electrons. The Labute approximate surface area is 147 Å². The molecule has 0 aliphatic carbocycles. The number of Topliss-reactive ketones (excluding diaryl/α,β-unsaturated/α-hetero) is 1. The highest BCUT2D eigenvalue weighted by atomic mass is 32.2. The summed E-state index contributed by atoms with van der Waals surface area (Å²) in [6.45, 7) is 6.10. The number of hydrogen-bond donors (Lipinski definition) is 2. The van der Waals surface area contributed by atoms with E-state index in [9.17, 15) is 19.5 Å². The van der Waals surface area contributed by atoms with Crippen LogP contribution in [0.3, 0.4) is 0 Å². The molecule has 2 heterocycles. The molecule has 0 bridgehead atoms. The Morgan fingerprint density at radius 2 is 2.00 bits per heavy atom. The fraction of sp³-hybridized carbons (Fsp3) is 0.812. The van der Waals surface area contributed by atoms with Crippen LogP contribution in [0.5, 0.6) is 0 Å². The second-order valence-corrected chi connectivity index (χ2v) is 9.44. The van der Waals surface area contributed by atoms with Crippen LogP contribution in [0.4, 0.5) is 0 Å². The number of hydrogen-bond acceptors (Lipinski definition) is 5. The van der Waals surface area contributed by atoms with Gasteiger partial charge in [-0.2, -0.15) is 12.6 Å². The van der Waals surface area contributed by atoms with Gasteiger partial charge in [0.05, 0.1) is 16.5 Å². The van der Waals surface area contributed by atoms with Crippen LogP contribution < -0.4 is 0 Å². The molecule has 1 unspecified atom stereocenters. The zero-order chi connectivity index (χ0) is 17.4. The topological polar surface area (TPSA) is 74.7 Å². The molecule has 0 aromatic heterocycles. The van der Waals surface area contributed by atoms with Crippen LogP contribution in [0.2, 0.25) is 0 Å². The van der Waals surface area contributed by atoms with Gasteiger partial charge in [0.15, 0.2) is 5.78 Å². The number of amides is 1. The summed E-state index contributed by atoms with van der Waals surface area (Å²) >= 11 is 6.01. The van der Waals surface area contributed by atoms with Crippen LogP contribution in [0, 0.1) is 11.3 Å². The first kappa shape index (κ1) is 18.6. The van der Waals surface area contributed by atoms with Crippen molar-refractivity contribution in [2.24, 2.45) is 11.3 Å². The zero-order valence-electron chi connectivity index (χ0n) is 13.8. The van der Waals surface area contributed by atoms with E-state index in [1.54, 1.807) is 11.8 Å². The largest absolute Gasteiger partial charge is 0.480 e. The van der Waals surface area contributed by atoms with Crippen molar-refractivity contribution in [3.63, 3.8) is 0 Å². The number of thiol groups is 1. The summed E-state index contributed by atoms with van der Waals surface area (Å²) in [5.41, 5.74) is -0.0512. The molecule has 1 N–H and O–H groups in total. The van der Waals surface area contributed by atoms with Gasteiger partial charge in [0.25, 0.3) is 0 Å². The van der Waals surface area contributed by atoms with Crippen molar-refractivity contribution in [2.75, 3.05) is 5.75 Å². The standard InChI is InChI=1S/C16H25NO4S2/c1-16(2,3)8-11(22)13(18)9-6-7-23-12-5-4-10(15(20)21)17(12)14(9)19/h9-12,22H,4-8H2,1-3H3,(H,20,21)/t9-,10+,11?,12+/m0/s1. The van der Waals surface area contributed by atoms with E-state index in [0.717, 1.165) is 0 Å². The Morgan fingerprint density at radius 1 is 1.35 bits per heavy atom. The van der Waals surface area contributed by atoms with Crippen molar-refractivity contribution in [3.05, 3.63) is 0 Å². The number of thioether (sulfide) groups is 1. The summed E-state index contributed by atoms with van der Waals surface area (Å²) < 4.78 is 0. The minimum Gasteiger partial charge on any atom is -0.480 e. The molecule has 2 saturated heterocycles. The lowest BCUT2D eigenvalue weighted by molar-refractivity contribution is -0.152. The van der Waals surface area contributed by atoms with Crippen molar-refractivity contribution in [1.82, 2.24) is 4.90 Å². The van der Waals surface area contributed by atoms with E-state index < -0.39 is 23.2 Å².